The molecule has 0 aromatic heterocycles. The van der Waals surface area contributed by atoms with Gasteiger partial charge in [-0.25, -0.2) is 0 Å². The minimum Gasteiger partial charge on any atom is -0.507 e. The Labute approximate surface area is 253 Å². The Bertz CT molecular complexity index is 1780. The van der Waals surface area contributed by atoms with Gasteiger partial charge in [-0.05, 0) is 52.1 Å². The maximum Gasteiger partial charge on any atom is 0.131 e. The molecule has 6 aromatic carbocycles. The minimum absolute atomic E-state index is 0.0853. The molecule has 2 nitrogen and oxygen atoms in total. The fourth-order valence-electron chi connectivity index (χ4n) is 5.91. The molecule has 0 aliphatic carbocycles. The summed E-state index contributed by atoms with van der Waals surface area (Å²) in [6, 6.07) is 56.3. The van der Waals surface area contributed by atoms with E-state index in [9.17, 15) is 5.11 Å². The minimum atomic E-state index is 0.0853. The van der Waals surface area contributed by atoms with Gasteiger partial charge in [0.1, 0.15) is 5.75 Å². The summed E-state index contributed by atoms with van der Waals surface area (Å²) in [5.74, 6) is 0.359. The molecule has 1 aliphatic rings. The van der Waals surface area contributed by atoms with Crippen LogP contribution in [0.25, 0.3) is 33.6 Å². The molecule has 0 saturated heterocycles. The van der Waals surface area contributed by atoms with Crippen molar-refractivity contribution in [3.05, 3.63) is 193 Å². The van der Waals surface area contributed by atoms with Crippen LogP contribution in [0.5, 0.6) is 5.75 Å². The second-order valence-corrected chi connectivity index (χ2v) is 10.7. The molecule has 43 heavy (non-hydrogen) atoms. The van der Waals surface area contributed by atoms with Gasteiger partial charge >= 0.3 is 0 Å². The normalized spacial score (nSPS) is 13.3. The maximum atomic E-state index is 11.7. The van der Waals surface area contributed by atoms with Gasteiger partial charge in [-0.15, -0.1) is 0 Å². The second-order valence-electron chi connectivity index (χ2n) is 10.7. The number of benzene rings is 6. The van der Waals surface area contributed by atoms with Gasteiger partial charge in [0.2, 0.25) is 0 Å². The first kappa shape index (κ1) is 26.3. The molecule has 0 amide bonds. The van der Waals surface area contributed by atoms with E-state index in [2.05, 4.69) is 144 Å². The van der Waals surface area contributed by atoms with E-state index in [1.165, 1.54) is 5.56 Å². The highest BCUT2D eigenvalue weighted by molar-refractivity contribution is 6.00. The molecule has 6 aromatic rings. The molecule has 0 atom stereocenters. The third-order valence-electron chi connectivity index (χ3n) is 8.00. The Morgan fingerprint density at radius 3 is 1.16 bits per heavy atom. The summed E-state index contributed by atoms with van der Waals surface area (Å²) < 4.78 is 0. The van der Waals surface area contributed by atoms with Crippen LogP contribution in [-0.2, 0) is 0 Å². The zero-order valence-corrected chi connectivity index (χ0v) is 23.7. The monoisotopic (exact) mass is 553 g/mol. The number of hydrogen-bond donors (Lipinski definition) is 1. The third-order valence-corrected chi connectivity index (χ3v) is 8.00. The Morgan fingerprint density at radius 1 is 0.419 bits per heavy atom. The molecule has 0 radical (unpaired) electrons. The zero-order chi connectivity index (χ0) is 29.0. The first-order valence-electron chi connectivity index (χ1n) is 14.6. The standard InChI is InChI=1S/C41H31NO/c43-41-37(31-18-8-2-9-19-31)28-36(29-38(41)32-20-10-3-11-21-32)42-39(33-22-12-4-13-23-33)26-35(30-16-6-1-7-17-30)27-40(42)34-24-14-5-15-25-34/h1-29,35,43H. The van der Waals surface area contributed by atoms with E-state index in [4.69, 9.17) is 0 Å². The van der Waals surface area contributed by atoms with Crippen molar-refractivity contribution < 1.29 is 5.11 Å². The van der Waals surface area contributed by atoms with Crippen molar-refractivity contribution in [2.24, 2.45) is 0 Å². The predicted octanol–water partition coefficient (Wildman–Crippen LogP) is 10.4. The quantitative estimate of drug-likeness (QED) is 0.222. The summed E-state index contributed by atoms with van der Waals surface area (Å²) in [4.78, 5) is 2.35. The highest BCUT2D eigenvalue weighted by Gasteiger charge is 2.28. The highest BCUT2D eigenvalue weighted by Crippen LogP contribution is 2.47. The number of rotatable bonds is 6. The van der Waals surface area contributed by atoms with Crippen molar-refractivity contribution in [1.82, 2.24) is 0 Å². The van der Waals surface area contributed by atoms with Crippen LogP contribution < -0.4 is 4.90 Å². The van der Waals surface area contributed by atoms with Gasteiger partial charge in [0.15, 0.2) is 0 Å². The predicted molar refractivity (Wildman–Crippen MR) is 179 cm³/mol. The summed E-state index contributed by atoms with van der Waals surface area (Å²) in [5, 5.41) is 11.7. The van der Waals surface area contributed by atoms with Crippen LogP contribution in [-0.4, -0.2) is 5.11 Å². The fraction of sp³-hybridized carbons (Fsp3) is 0.0244. The van der Waals surface area contributed by atoms with Gasteiger partial charge < -0.3 is 10.0 Å². The lowest BCUT2D eigenvalue weighted by atomic mass is 9.88. The van der Waals surface area contributed by atoms with Crippen molar-refractivity contribution in [3.8, 4) is 28.0 Å². The average molecular weight is 554 g/mol. The zero-order valence-electron chi connectivity index (χ0n) is 23.7. The van der Waals surface area contributed by atoms with Crippen LogP contribution in [0.2, 0.25) is 0 Å². The number of allylic oxidation sites excluding steroid dienone is 2. The van der Waals surface area contributed by atoms with E-state index < -0.39 is 0 Å². The molecule has 0 spiro atoms. The Hall–Kier alpha value is -5.60. The molecule has 0 unspecified atom stereocenters. The Morgan fingerprint density at radius 2 is 0.767 bits per heavy atom. The van der Waals surface area contributed by atoms with Crippen LogP contribution in [0.4, 0.5) is 5.69 Å². The summed E-state index contributed by atoms with van der Waals surface area (Å²) >= 11 is 0. The van der Waals surface area contributed by atoms with Gasteiger partial charge in [-0.2, -0.15) is 0 Å². The average Bonchev–Trinajstić information content (AvgIpc) is 3.10. The van der Waals surface area contributed by atoms with Gasteiger partial charge in [0.25, 0.3) is 0 Å². The van der Waals surface area contributed by atoms with E-state index in [0.29, 0.717) is 0 Å². The molecular formula is C41H31NO. The Balaban J connectivity index is 1.51. The number of nitrogens with zero attached hydrogens (tertiary/aromatic N) is 1. The topological polar surface area (TPSA) is 23.5 Å². The molecule has 7 rings (SSSR count). The number of hydrogen-bond acceptors (Lipinski definition) is 2. The van der Waals surface area contributed by atoms with E-state index >= 15 is 0 Å². The lowest BCUT2D eigenvalue weighted by molar-refractivity contribution is 0.479. The van der Waals surface area contributed by atoms with Gasteiger partial charge in [-0.1, -0.05) is 152 Å². The lowest BCUT2D eigenvalue weighted by Crippen LogP contribution is -2.24. The van der Waals surface area contributed by atoms with Gasteiger partial charge in [-0.3, -0.25) is 0 Å². The molecule has 1 aliphatic heterocycles. The lowest BCUT2D eigenvalue weighted by Gasteiger charge is -2.36. The van der Waals surface area contributed by atoms with Crippen LogP contribution in [0.1, 0.15) is 22.6 Å². The van der Waals surface area contributed by atoms with Crippen molar-refractivity contribution in [2.75, 3.05) is 4.90 Å². The molecule has 0 fully saturated rings. The van der Waals surface area contributed by atoms with E-state index in [1.54, 1.807) is 0 Å². The maximum absolute atomic E-state index is 11.7. The van der Waals surface area contributed by atoms with Crippen LogP contribution >= 0.6 is 0 Å². The van der Waals surface area contributed by atoms with Gasteiger partial charge in [0.05, 0.1) is 11.4 Å². The number of aromatic hydroxyl groups is 1. The Kier molecular flexibility index (Phi) is 7.17. The summed E-state index contributed by atoms with van der Waals surface area (Å²) in [7, 11) is 0. The fourth-order valence-corrected chi connectivity index (χ4v) is 5.91. The molecule has 2 heteroatoms. The van der Waals surface area contributed by atoms with Crippen molar-refractivity contribution in [2.45, 2.75) is 5.92 Å². The molecule has 206 valence electrons. The van der Waals surface area contributed by atoms with E-state index in [-0.39, 0.29) is 11.7 Å². The molecule has 1 N–H and O–H groups in total. The van der Waals surface area contributed by atoms with Crippen LogP contribution in [0.3, 0.4) is 0 Å². The highest BCUT2D eigenvalue weighted by atomic mass is 16.3. The van der Waals surface area contributed by atoms with Crippen molar-refractivity contribution in [1.29, 1.82) is 0 Å². The SMILES string of the molecule is Oc1c(-c2ccccc2)cc(N2C(c3ccccc3)=CC(c3ccccc3)C=C2c2ccccc2)cc1-c1ccccc1. The summed E-state index contributed by atoms with van der Waals surface area (Å²) in [6.45, 7) is 0. The van der Waals surface area contributed by atoms with Crippen molar-refractivity contribution in [3.63, 3.8) is 0 Å². The molecule has 1 heterocycles. The van der Waals surface area contributed by atoms with Gasteiger partial charge in [0, 0.05) is 22.7 Å². The van der Waals surface area contributed by atoms with Crippen LogP contribution in [0, 0.1) is 0 Å². The largest absolute Gasteiger partial charge is 0.507 e. The second kappa shape index (κ2) is 11.7. The summed E-state index contributed by atoms with van der Waals surface area (Å²) in [6.07, 6.45) is 4.71. The number of phenolic OH excluding ortho intramolecular Hbond substituents is 1. The number of phenols is 1. The summed E-state index contributed by atoms with van der Waals surface area (Å²) in [5.41, 5.74) is 10.2. The van der Waals surface area contributed by atoms with Crippen LogP contribution in [0.15, 0.2) is 176 Å². The first-order valence-corrected chi connectivity index (χ1v) is 14.6. The molecule has 0 saturated carbocycles. The number of anilines is 1. The van der Waals surface area contributed by atoms with E-state index in [0.717, 1.165) is 50.5 Å². The molecule has 0 bridgehead atoms. The van der Waals surface area contributed by atoms with Crippen molar-refractivity contribution >= 4 is 17.1 Å². The van der Waals surface area contributed by atoms with E-state index in [1.807, 2.05) is 36.4 Å². The first-order chi connectivity index (χ1) is 21.3. The third kappa shape index (κ3) is 5.27. The smallest absolute Gasteiger partial charge is 0.131 e. The molecular weight excluding hydrogens is 522 g/mol.